The van der Waals surface area contributed by atoms with Gasteiger partial charge in [-0.15, -0.1) is 0 Å². The predicted molar refractivity (Wildman–Crippen MR) is 103 cm³/mol. The van der Waals surface area contributed by atoms with Crippen LogP contribution < -0.4 is 5.32 Å². The molecule has 1 aromatic rings. The summed E-state index contributed by atoms with van der Waals surface area (Å²) in [5.41, 5.74) is 1.39. The van der Waals surface area contributed by atoms with Crippen molar-refractivity contribution in [3.8, 4) is 0 Å². The second-order valence-corrected chi connectivity index (χ2v) is 6.94. The van der Waals surface area contributed by atoms with Crippen molar-refractivity contribution in [1.82, 2.24) is 15.1 Å². The Morgan fingerprint density at radius 3 is 2.61 bits per heavy atom. The number of rotatable bonds is 7. The summed E-state index contributed by atoms with van der Waals surface area (Å²) in [5, 5.41) is 4.42. The first-order valence-corrected chi connectivity index (χ1v) is 9.38. The molecule has 4 heteroatoms. The summed E-state index contributed by atoms with van der Waals surface area (Å²) in [4.78, 5) is 4.87. The molecule has 0 bridgehead atoms. The van der Waals surface area contributed by atoms with E-state index >= 15 is 0 Å². The van der Waals surface area contributed by atoms with Crippen molar-refractivity contribution in [1.29, 1.82) is 0 Å². The van der Waals surface area contributed by atoms with Crippen LogP contribution in [0, 0.1) is 0 Å². The number of hydrogen-bond acceptors (Lipinski definition) is 2. The molecule has 128 valence electrons. The number of unbranched alkanes of at least 4 members (excludes halogenated alkanes) is 1. The van der Waals surface area contributed by atoms with E-state index in [1.807, 2.05) is 0 Å². The lowest BCUT2D eigenvalue weighted by Crippen LogP contribution is -2.50. The molecule has 0 amide bonds. The van der Waals surface area contributed by atoms with Gasteiger partial charge in [0.15, 0.2) is 5.11 Å². The normalized spacial score (nSPS) is 16.3. The van der Waals surface area contributed by atoms with Crippen molar-refractivity contribution in [3.05, 3.63) is 35.9 Å². The summed E-state index contributed by atoms with van der Waals surface area (Å²) in [5.74, 6) is 0. The first-order chi connectivity index (χ1) is 11.2. The quantitative estimate of drug-likeness (QED) is 0.609. The van der Waals surface area contributed by atoms with E-state index < -0.39 is 0 Å². The number of nitrogens with zero attached hydrogens (tertiary/aromatic N) is 2. The maximum absolute atomic E-state index is 5.72. The van der Waals surface area contributed by atoms with Crippen LogP contribution in [0.5, 0.6) is 0 Å². The largest absolute Gasteiger partial charge is 0.363 e. The Labute approximate surface area is 147 Å². The summed E-state index contributed by atoms with van der Waals surface area (Å²) >= 11 is 5.72. The third-order valence-electron chi connectivity index (χ3n) is 4.68. The SMILES string of the molecule is CCCCNC(=S)N(CCc1ccccc1)C1CCN(C)CC1. The molecule has 23 heavy (non-hydrogen) atoms. The van der Waals surface area contributed by atoms with Gasteiger partial charge in [0.2, 0.25) is 0 Å². The Morgan fingerprint density at radius 2 is 1.96 bits per heavy atom. The minimum Gasteiger partial charge on any atom is -0.363 e. The van der Waals surface area contributed by atoms with Crippen LogP contribution >= 0.6 is 12.2 Å². The van der Waals surface area contributed by atoms with Gasteiger partial charge in [0.1, 0.15) is 0 Å². The molecule has 2 rings (SSSR count). The number of likely N-dealkylation sites (tertiary alicyclic amines) is 1. The van der Waals surface area contributed by atoms with Gasteiger partial charge in [0.25, 0.3) is 0 Å². The Morgan fingerprint density at radius 1 is 1.26 bits per heavy atom. The molecule has 1 aliphatic heterocycles. The fourth-order valence-electron chi connectivity index (χ4n) is 3.12. The number of benzene rings is 1. The smallest absolute Gasteiger partial charge is 0.169 e. The monoisotopic (exact) mass is 333 g/mol. The average molecular weight is 334 g/mol. The fraction of sp³-hybridized carbons (Fsp3) is 0.632. The molecule has 1 aliphatic rings. The van der Waals surface area contributed by atoms with Crippen molar-refractivity contribution >= 4 is 17.3 Å². The minimum absolute atomic E-state index is 0.580. The van der Waals surface area contributed by atoms with Crippen LogP contribution in [0.1, 0.15) is 38.2 Å². The van der Waals surface area contributed by atoms with Crippen molar-refractivity contribution < 1.29 is 0 Å². The third kappa shape index (κ3) is 6.11. The Bertz CT molecular complexity index is 455. The number of hydrogen-bond donors (Lipinski definition) is 1. The zero-order valence-corrected chi connectivity index (χ0v) is 15.4. The van der Waals surface area contributed by atoms with Crippen molar-refractivity contribution in [2.45, 2.75) is 45.1 Å². The van der Waals surface area contributed by atoms with Crippen LogP contribution in [0.2, 0.25) is 0 Å². The van der Waals surface area contributed by atoms with E-state index in [9.17, 15) is 0 Å². The highest BCUT2D eigenvalue weighted by molar-refractivity contribution is 7.80. The predicted octanol–water partition coefficient (Wildman–Crippen LogP) is 3.30. The van der Waals surface area contributed by atoms with Crippen LogP contribution in [0.4, 0.5) is 0 Å². The van der Waals surface area contributed by atoms with Gasteiger partial charge in [-0.25, -0.2) is 0 Å². The van der Waals surface area contributed by atoms with E-state index in [1.54, 1.807) is 0 Å². The molecule has 0 saturated carbocycles. The molecule has 0 atom stereocenters. The number of nitrogens with one attached hydrogen (secondary N) is 1. The van der Waals surface area contributed by atoms with Crippen molar-refractivity contribution in [2.75, 3.05) is 33.2 Å². The van der Waals surface area contributed by atoms with Gasteiger partial charge in [-0.05, 0) is 63.6 Å². The lowest BCUT2D eigenvalue weighted by molar-refractivity contribution is 0.175. The molecule has 1 saturated heterocycles. The maximum atomic E-state index is 5.72. The van der Waals surface area contributed by atoms with E-state index in [1.165, 1.54) is 44.3 Å². The van der Waals surface area contributed by atoms with Gasteiger partial charge in [-0.3, -0.25) is 0 Å². The minimum atomic E-state index is 0.580. The highest BCUT2D eigenvalue weighted by Gasteiger charge is 2.24. The Balaban J connectivity index is 1.94. The van der Waals surface area contributed by atoms with E-state index in [0.29, 0.717) is 6.04 Å². The summed E-state index contributed by atoms with van der Waals surface area (Å²) in [7, 11) is 2.21. The Kier molecular flexibility index (Phi) is 7.83. The van der Waals surface area contributed by atoms with E-state index in [2.05, 4.69) is 59.4 Å². The molecule has 1 aromatic carbocycles. The molecule has 0 aromatic heterocycles. The third-order valence-corrected chi connectivity index (χ3v) is 5.06. The van der Waals surface area contributed by atoms with E-state index in [0.717, 1.165) is 24.6 Å². The average Bonchev–Trinajstić information content (AvgIpc) is 2.58. The molecule has 0 radical (unpaired) electrons. The zero-order valence-electron chi connectivity index (χ0n) is 14.6. The summed E-state index contributed by atoms with van der Waals surface area (Å²) in [6, 6.07) is 11.3. The van der Waals surface area contributed by atoms with Gasteiger partial charge >= 0.3 is 0 Å². The first kappa shape index (κ1) is 18.2. The molecular weight excluding hydrogens is 302 g/mol. The molecular formula is C19H31N3S. The Hall–Kier alpha value is -1.13. The van der Waals surface area contributed by atoms with Crippen LogP contribution in [0.3, 0.4) is 0 Å². The van der Waals surface area contributed by atoms with Gasteiger partial charge < -0.3 is 15.1 Å². The summed E-state index contributed by atoms with van der Waals surface area (Å²) in [6.07, 6.45) is 5.86. The van der Waals surface area contributed by atoms with Gasteiger partial charge in [-0.2, -0.15) is 0 Å². The number of thiocarbonyl (C=S) groups is 1. The van der Waals surface area contributed by atoms with Crippen LogP contribution in [-0.4, -0.2) is 54.2 Å². The highest BCUT2D eigenvalue weighted by Crippen LogP contribution is 2.17. The summed E-state index contributed by atoms with van der Waals surface area (Å²) in [6.45, 7) is 6.56. The topological polar surface area (TPSA) is 18.5 Å². The molecule has 1 heterocycles. The molecule has 0 spiro atoms. The van der Waals surface area contributed by atoms with Crippen molar-refractivity contribution in [3.63, 3.8) is 0 Å². The van der Waals surface area contributed by atoms with E-state index in [-0.39, 0.29) is 0 Å². The summed E-state index contributed by atoms with van der Waals surface area (Å²) < 4.78 is 0. The molecule has 1 N–H and O–H groups in total. The van der Waals surface area contributed by atoms with Crippen LogP contribution in [-0.2, 0) is 6.42 Å². The molecule has 3 nitrogen and oxygen atoms in total. The lowest BCUT2D eigenvalue weighted by atomic mass is 10.0. The fourth-order valence-corrected chi connectivity index (χ4v) is 3.47. The van der Waals surface area contributed by atoms with Crippen LogP contribution in [0.15, 0.2) is 30.3 Å². The van der Waals surface area contributed by atoms with Gasteiger partial charge in [0, 0.05) is 19.1 Å². The van der Waals surface area contributed by atoms with Gasteiger partial charge in [0.05, 0.1) is 0 Å². The van der Waals surface area contributed by atoms with Crippen LogP contribution in [0.25, 0.3) is 0 Å². The first-order valence-electron chi connectivity index (χ1n) is 8.97. The maximum Gasteiger partial charge on any atom is 0.169 e. The molecule has 0 unspecified atom stereocenters. The second kappa shape index (κ2) is 9.89. The van der Waals surface area contributed by atoms with Gasteiger partial charge in [-0.1, -0.05) is 43.7 Å². The second-order valence-electron chi connectivity index (χ2n) is 6.55. The number of piperidine rings is 1. The molecule has 0 aliphatic carbocycles. The molecule has 1 fully saturated rings. The van der Waals surface area contributed by atoms with E-state index in [4.69, 9.17) is 12.2 Å². The zero-order chi connectivity index (χ0) is 16.5. The lowest BCUT2D eigenvalue weighted by Gasteiger charge is -2.39. The van der Waals surface area contributed by atoms with Crippen molar-refractivity contribution in [2.24, 2.45) is 0 Å². The highest BCUT2D eigenvalue weighted by atomic mass is 32.1. The standard InChI is InChI=1S/C19H31N3S/c1-3-4-13-20-19(23)22(18-11-14-21(2)15-12-18)16-10-17-8-6-5-7-9-17/h5-9,18H,3-4,10-16H2,1-2H3,(H,20,23).